The number of ether oxygens (including phenoxy) is 1. The molecule has 2 rings (SSSR count). The predicted molar refractivity (Wildman–Crippen MR) is 84.3 cm³/mol. The zero-order chi connectivity index (χ0) is 15.6. The first-order valence-electron chi connectivity index (χ1n) is 7.16. The Morgan fingerprint density at radius 3 is 2.71 bits per heavy atom. The summed E-state index contributed by atoms with van der Waals surface area (Å²) in [5.74, 6) is 0.947. The number of alkyl halides is 1. The topological polar surface area (TPSA) is 46.6 Å². The molecule has 1 atom stereocenters. The van der Waals surface area contributed by atoms with Gasteiger partial charge in [-0.15, -0.1) is 11.6 Å². The molecule has 1 aromatic carbocycles. The highest BCUT2D eigenvalue weighted by Crippen LogP contribution is 2.34. The van der Waals surface area contributed by atoms with Crippen molar-refractivity contribution in [1.82, 2.24) is 4.31 Å². The Labute approximate surface area is 132 Å². The Morgan fingerprint density at radius 2 is 2.14 bits per heavy atom. The maximum Gasteiger partial charge on any atom is 0.247 e. The molecule has 1 aliphatic rings. The molecule has 1 fully saturated rings. The van der Waals surface area contributed by atoms with E-state index in [9.17, 15) is 8.42 Å². The first-order chi connectivity index (χ1) is 9.91. The van der Waals surface area contributed by atoms with Crippen LogP contribution in [0, 0.1) is 5.92 Å². The number of sulfonamides is 1. The van der Waals surface area contributed by atoms with Crippen LogP contribution >= 0.6 is 11.6 Å². The molecule has 118 valence electrons. The number of rotatable bonds is 5. The van der Waals surface area contributed by atoms with E-state index in [4.69, 9.17) is 16.3 Å². The largest absolute Gasteiger partial charge is 0.495 e. The summed E-state index contributed by atoms with van der Waals surface area (Å²) >= 11 is 5.83. The van der Waals surface area contributed by atoms with Crippen molar-refractivity contribution in [2.75, 3.05) is 13.7 Å². The van der Waals surface area contributed by atoms with Gasteiger partial charge in [0.05, 0.1) is 7.11 Å². The Hall–Kier alpha value is -0.780. The Kier molecular flexibility index (Phi) is 5.17. The average molecular weight is 332 g/mol. The fraction of sp³-hybridized carbons (Fsp3) is 0.600. The lowest BCUT2D eigenvalue weighted by Crippen LogP contribution is -2.38. The summed E-state index contributed by atoms with van der Waals surface area (Å²) in [6, 6.07) is 5.14. The zero-order valence-corrected chi connectivity index (χ0v) is 14.2. The summed E-state index contributed by atoms with van der Waals surface area (Å²) in [7, 11) is -2.07. The number of nitrogens with zero attached hydrogens (tertiary/aromatic N) is 1. The van der Waals surface area contributed by atoms with E-state index in [1.807, 2.05) is 0 Å². The van der Waals surface area contributed by atoms with E-state index < -0.39 is 10.0 Å². The third-order valence-electron chi connectivity index (χ3n) is 3.99. The van der Waals surface area contributed by atoms with E-state index in [1.165, 1.54) is 7.11 Å². The van der Waals surface area contributed by atoms with Crippen LogP contribution in [0.15, 0.2) is 23.1 Å². The average Bonchev–Trinajstić information content (AvgIpc) is 2.97. The molecule has 1 unspecified atom stereocenters. The van der Waals surface area contributed by atoms with Crippen LogP contribution in [-0.4, -0.2) is 32.4 Å². The Morgan fingerprint density at radius 1 is 1.43 bits per heavy atom. The highest BCUT2D eigenvalue weighted by atomic mass is 35.5. The molecule has 0 amide bonds. The van der Waals surface area contributed by atoms with Crippen LogP contribution in [0.4, 0.5) is 0 Å². The van der Waals surface area contributed by atoms with Gasteiger partial charge in [-0.05, 0) is 36.5 Å². The van der Waals surface area contributed by atoms with Crippen molar-refractivity contribution in [2.24, 2.45) is 5.92 Å². The zero-order valence-electron chi connectivity index (χ0n) is 12.7. The number of benzene rings is 1. The second-order valence-corrected chi connectivity index (χ2v) is 7.81. The van der Waals surface area contributed by atoms with E-state index in [0.29, 0.717) is 18.2 Å². The quantitative estimate of drug-likeness (QED) is 0.778. The molecule has 0 bridgehead atoms. The van der Waals surface area contributed by atoms with Crippen molar-refractivity contribution < 1.29 is 13.2 Å². The molecule has 0 aromatic heterocycles. The summed E-state index contributed by atoms with van der Waals surface area (Å²) in [6.07, 6.45) is 1.81. The van der Waals surface area contributed by atoms with Crippen LogP contribution in [-0.2, 0) is 15.9 Å². The van der Waals surface area contributed by atoms with Crippen LogP contribution in [0.1, 0.15) is 32.3 Å². The lowest BCUT2D eigenvalue weighted by molar-refractivity contribution is 0.313. The van der Waals surface area contributed by atoms with Gasteiger partial charge in [0.2, 0.25) is 10.0 Å². The van der Waals surface area contributed by atoms with Crippen LogP contribution in [0.3, 0.4) is 0 Å². The van der Waals surface area contributed by atoms with Gasteiger partial charge in [-0.3, -0.25) is 0 Å². The number of hydrogen-bond donors (Lipinski definition) is 0. The van der Waals surface area contributed by atoms with Crippen molar-refractivity contribution in [1.29, 1.82) is 0 Å². The molecule has 0 spiro atoms. The molecule has 0 radical (unpaired) electrons. The fourth-order valence-electron chi connectivity index (χ4n) is 2.86. The third-order valence-corrected chi connectivity index (χ3v) is 6.24. The molecule has 0 N–H and O–H groups in total. The lowest BCUT2D eigenvalue weighted by atomic mass is 10.0. The van der Waals surface area contributed by atoms with Crippen LogP contribution < -0.4 is 4.74 Å². The van der Waals surface area contributed by atoms with Crippen molar-refractivity contribution in [3.63, 3.8) is 0 Å². The molecule has 0 aliphatic carbocycles. The van der Waals surface area contributed by atoms with Gasteiger partial charge in [0.1, 0.15) is 10.6 Å². The maximum absolute atomic E-state index is 13.0. The minimum absolute atomic E-state index is 0.0550. The first kappa shape index (κ1) is 16.6. The van der Waals surface area contributed by atoms with Crippen molar-refractivity contribution in [3.05, 3.63) is 23.8 Å². The summed E-state index contributed by atoms with van der Waals surface area (Å²) in [5, 5.41) is 0. The van der Waals surface area contributed by atoms with Gasteiger partial charge < -0.3 is 4.74 Å². The molecule has 1 aliphatic heterocycles. The predicted octanol–water partition coefficient (Wildman–Crippen LogP) is 3.24. The van der Waals surface area contributed by atoms with E-state index in [2.05, 4.69) is 13.8 Å². The van der Waals surface area contributed by atoms with Gasteiger partial charge in [-0.1, -0.05) is 19.9 Å². The van der Waals surface area contributed by atoms with E-state index in [1.54, 1.807) is 22.5 Å². The van der Waals surface area contributed by atoms with E-state index >= 15 is 0 Å². The normalized spacial score (nSPS) is 20.1. The highest BCUT2D eigenvalue weighted by molar-refractivity contribution is 7.89. The Balaban J connectivity index is 2.48. The Bertz CT molecular complexity index is 601. The summed E-state index contributed by atoms with van der Waals surface area (Å²) in [5.41, 5.74) is 0.774. The third kappa shape index (κ3) is 3.20. The number of halogens is 1. The lowest BCUT2D eigenvalue weighted by Gasteiger charge is -2.27. The molecule has 21 heavy (non-hydrogen) atoms. The van der Waals surface area contributed by atoms with Gasteiger partial charge >= 0.3 is 0 Å². The first-order valence-corrected chi connectivity index (χ1v) is 9.14. The van der Waals surface area contributed by atoms with Crippen LogP contribution in [0.2, 0.25) is 0 Å². The van der Waals surface area contributed by atoms with Crippen molar-refractivity contribution in [3.8, 4) is 5.75 Å². The molecular weight excluding hydrogens is 310 g/mol. The number of hydrogen-bond acceptors (Lipinski definition) is 3. The summed E-state index contributed by atoms with van der Waals surface area (Å²) in [4.78, 5) is 0.218. The van der Waals surface area contributed by atoms with Gasteiger partial charge in [0, 0.05) is 18.5 Å². The minimum atomic E-state index is -3.56. The smallest absolute Gasteiger partial charge is 0.247 e. The summed E-state index contributed by atoms with van der Waals surface area (Å²) in [6.45, 7) is 4.69. The second-order valence-electron chi connectivity index (χ2n) is 5.69. The molecule has 1 saturated heterocycles. The maximum atomic E-state index is 13.0. The van der Waals surface area contributed by atoms with Gasteiger partial charge in [0.25, 0.3) is 0 Å². The van der Waals surface area contributed by atoms with Crippen LogP contribution in [0.25, 0.3) is 0 Å². The molecule has 0 saturated carbocycles. The molecule has 1 heterocycles. The van der Waals surface area contributed by atoms with Crippen molar-refractivity contribution in [2.45, 2.75) is 43.5 Å². The SMILES string of the molecule is COc1ccc(CCl)cc1S(=O)(=O)N1CCCC1C(C)C. The number of methoxy groups -OCH3 is 1. The van der Waals surface area contributed by atoms with Gasteiger partial charge in [-0.2, -0.15) is 4.31 Å². The molecule has 6 heteroatoms. The van der Waals surface area contributed by atoms with Gasteiger partial charge in [-0.25, -0.2) is 8.42 Å². The van der Waals surface area contributed by atoms with E-state index in [-0.39, 0.29) is 16.8 Å². The van der Waals surface area contributed by atoms with Crippen molar-refractivity contribution >= 4 is 21.6 Å². The highest BCUT2D eigenvalue weighted by Gasteiger charge is 2.38. The molecular formula is C15H22ClNO3S. The standard InChI is InChI=1S/C15H22ClNO3S/c1-11(2)13-5-4-8-17(13)21(18,19)15-9-12(10-16)6-7-14(15)20-3/h6-7,9,11,13H,4-5,8,10H2,1-3H3. The summed E-state index contributed by atoms with van der Waals surface area (Å²) < 4.78 is 32.9. The fourth-order valence-corrected chi connectivity index (χ4v) is 5.06. The monoisotopic (exact) mass is 331 g/mol. The van der Waals surface area contributed by atoms with Gasteiger partial charge in [0.15, 0.2) is 0 Å². The van der Waals surface area contributed by atoms with Crippen LogP contribution in [0.5, 0.6) is 5.75 Å². The van der Waals surface area contributed by atoms with E-state index in [0.717, 1.165) is 18.4 Å². The molecule has 4 nitrogen and oxygen atoms in total. The minimum Gasteiger partial charge on any atom is -0.495 e. The second kappa shape index (κ2) is 6.55. The molecule has 1 aromatic rings.